The Balaban J connectivity index is 2.13. The van der Waals surface area contributed by atoms with Crippen molar-refractivity contribution in [3.05, 3.63) is 64.4 Å². The first-order valence-electron chi connectivity index (χ1n) is 5.79. The highest BCUT2D eigenvalue weighted by atomic mass is 79.9. The number of nitrogens with one attached hydrogen (secondary N) is 1. The Morgan fingerprint density at radius 1 is 1.32 bits per heavy atom. The number of pyridine rings is 1. The average Bonchev–Trinajstić information content (AvgIpc) is 2.45. The van der Waals surface area contributed by atoms with Crippen LogP contribution in [0.25, 0.3) is 0 Å². The van der Waals surface area contributed by atoms with Crippen molar-refractivity contribution < 1.29 is 9.90 Å². The van der Waals surface area contributed by atoms with E-state index in [9.17, 15) is 9.90 Å². The van der Waals surface area contributed by atoms with E-state index in [1.165, 1.54) is 0 Å². The Kier molecular flexibility index (Phi) is 4.65. The molecule has 0 saturated heterocycles. The SMILES string of the molecule is O=C(N[C@@H](CO)c1ccccc1)c1ccnc(Br)c1. The topological polar surface area (TPSA) is 62.2 Å². The van der Waals surface area contributed by atoms with Crippen molar-refractivity contribution >= 4 is 21.8 Å². The first kappa shape index (κ1) is 13.7. The van der Waals surface area contributed by atoms with Crippen LogP contribution in [-0.4, -0.2) is 22.6 Å². The molecule has 5 heteroatoms. The van der Waals surface area contributed by atoms with E-state index in [1.54, 1.807) is 18.3 Å². The lowest BCUT2D eigenvalue weighted by atomic mass is 10.1. The Morgan fingerprint density at radius 3 is 2.68 bits per heavy atom. The minimum absolute atomic E-state index is 0.151. The molecule has 0 aliphatic rings. The number of benzene rings is 1. The van der Waals surface area contributed by atoms with Crippen molar-refractivity contribution in [3.63, 3.8) is 0 Å². The van der Waals surface area contributed by atoms with Crippen molar-refractivity contribution in [2.75, 3.05) is 6.61 Å². The lowest BCUT2D eigenvalue weighted by Crippen LogP contribution is -2.30. The Morgan fingerprint density at radius 2 is 2.05 bits per heavy atom. The summed E-state index contributed by atoms with van der Waals surface area (Å²) in [6.45, 7) is -0.151. The number of hydrogen-bond acceptors (Lipinski definition) is 3. The van der Waals surface area contributed by atoms with Gasteiger partial charge in [0.15, 0.2) is 0 Å². The zero-order valence-electron chi connectivity index (χ0n) is 10.1. The first-order valence-corrected chi connectivity index (χ1v) is 6.58. The Labute approximate surface area is 119 Å². The Bertz CT molecular complexity index is 560. The van der Waals surface area contributed by atoms with Gasteiger partial charge in [-0.2, -0.15) is 0 Å². The van der Waals surface area contributed by atoms with Gasteiger partial charge in [-0.25, -0.2) is 4.98 Å². The Hall–Kier alpha value is -1.72. The largest absolute Gasteiger partial charge is 0.394 e. The smallest absolute Gasteiger partial charge is 0.251 e. The maximum Gasteiger partial charge on any atom is 0.251 e. The van der Waals surface area contributed by atoms with Gasteiger partial charge in [0.25, 0.3) is 5.91 Å². The van der Waals surface area contributed by atoms with E-state index in [1.807, 2.05) is 30.3 Å². The number of aromatic nitrogens is 1. The highest BCUT2D eigenvalue weighted by Gasteiger charge is 2.14. The molecule has 0 aliphatic heterocycles. The van der Waals surface area contributed by atoms with E-state index < -0.39 is 6.04 Å². The molecule has 1 aromatic carbocycles. The predicted molar refractivity (Wildman–Crippen MR) is 75.7 cm³/mol. The van der Waals surface area contributed by atoms with E-state index in [2.05, 4.69) is 26.2 Å². The van der Waals surface area contributed by atoms with E-state index in [4.69, 9.17) is 0 Å². The molecule has 19 heavy (non-hydrogen) atoms. The highest BCUT2D eigenvalue weighted by molar-refractivity contribution is 9.10. The normalized spacial score (nSPS) is 11.9. The standard InChI is InChI=1S/C14H13BrN2O2/c15-13-8-11(6-7-16-13)14(19)17-12(9-18)10-4-2-1-3-5-10/h1-8,12,18H,9H2,(H,17,19)/t12-/m0/s1. The van der Waals surface area contributed by atoms with E-state index in [0.717, 1.165) is 5.56 Å². The lowest BCUT2D eigenvalue weighted by Gasteiger charge is -2.16. The van der Waals surface area contributed by atoms with Gasteiger partial charge in [0.1, 0.15) is 4.60 Å². The monoisotopic (exact) mass is 320 g/mol. The average molecular weight is 321 g/mol. The number of rotatable bonds is 4. The summed E-state index contributed by atoms with van der Waals surface area (Å²) in [7, 11) is 0. The number of aliphatic hydroxyl groups excluding tert-OH is 1. The fourth-order valence-corrected chi connectivity index (χ4v) is 2.07. The second kappa shape index (κ2) is 6.45. The first-order chi connectivity index (χ1) is 9.20. The summed E-state index contributed by atoms with van der Waals surface area (Å²) in [5.41, 5.74) is 1.36. The number of halogens is 1. The van der Waals surface area contributed by atoms with Crippen LogP contribution in [0, 0.1) is 0 Å². The molecule has 0 saturated carbocycles. The van der Waals surface area contributed by atoms with Gasteiger partial charge in [-0.15, -0.1) is 0 Å². The molecular formula is C14H13BrN2O2. The minimum atomic E-state index is -0.416. The third-order valence-corrected chi connectivity index (χ3v) is 3.11. The summed E-state index contributed by atoms with van der Waals surface area (Å²) in [6.07, 6.45) is 1.55. The molecule has 1 aromatic heterocycles. The van der Waals surface area contributed by atoms with E-state index >= 15 is 0 Å². The van der Waals surface area contributed by atoms with Crippen molar-refractivity contribution in [2.24, 2.45) is 0 Å². The molecule has 0 aliphatic carbocycles. The molecule has 1 amide bonds. The van der Waals surface area contributed by atoms with Crippen LogP contribution < -0.4 is 5.32 Å². The third-order valence-electron chi connectivity index (χ3n) is 2.68. The molecule has 0 fully saturated rings. The van der Waals surface area contributed by atoms with Crippen molar-refractivity contribution in [3.8, 4) is 0 Å². The number of hydrogen-bond donors (Lipinski definition) is 2. The van der Waals surface area contributed by atoms with Crippen molar-refractivity contribution in [1.29, 1.82) is 0 Å². The number of amides is 1. The molecule has 98 valence electrons. The summed E-state index contributed by atoms with van der Waals surface area (Å²) in [5.74, 6) is -0.244. The molecule has 0 unspecified atom stereocenters. The third kappa shape index (κ3) is 3.62. The second-order valence-electron chi connectivity index (χ2n) is 3.99. The van der Waals surface area contributed by atoms with Gasteiger partial charge in [0, 0.05) is 11.8 Å². The zero-order valence-corrected chi connectivity index (χ0v) is 11.7. The number of nitrogens with zero attached hydrogens (tertiary/aromatic N) is 1. The summed E-state index contributed by atoms with van der Waals surface area (Å²) < 4.78 is 0.598. The summed E-state index contributed by atoms with van der Waals surface area (Å²) >= 11 is 3.22. The summed E-state index contributed by atoms with van der Waals surface area (Å²) in [6, 6.07) is 12.2. The van der Waals surface area contributed by atoms with Crippen LogP contribution >= 0.6 is 15.9 Å². The van der Waals surface area contributed by atoms with Crippen LogP contribution in [0.15, 0.2) is 53.3 Å². The molecule has 2 N–H and O–H groups in total. The van der Waals surface area contributed by atoms with Gasteiger partial charge in [-0.3, -0.25) is 4.79 Å². The van der Waals surface area contributed by atoms with Crippen LogP contribution in [0.3, 0.4) is 0 Å². The van der Waals surface area contributed by atoms with Crippen molar-refractivity contribution in [2.45, 2.75) is 6.04 Å². The summed E-state index contributed by atoms with van der Waals surface area (Å²) in [5, 5.41) is 12.2. The molecule has 0 radical (unpaired) electrons. The van der Waals surface area contributed by atoms with Gasteiger partial charge in [0.2, 0.25) is 0 Å². The zero-order chi connectivity index (χ0) is 13.7. The van der Waals surface area contributed by atoms with Crippen molar-refractivity contribution in [1.82, 2.24) is 10.3 Å². The maximum atomic E-state index is 12.1. The van der Waals surface area contributed by atoms with Gasteiger partial charge in [-0.05, 0) is 33.6 Å². The summed E-state index contributed by atoms with van der Waals surface area (Å²) in [4.78, 5) is 16.0. The number of carbonyl (C=O) groups excluding carboxylic acids is 1. The van der Waals surface area contributed by atoms with Gasteiger partial charge < -0.3 is 10.4 Å². The minimum Gasteiger partial charge on any atom is -0.394 e. The molecule has 1 heterocycles. The number of aliphatic hydroxyl groups is 1. The van der Waals surface area contributed by atoms with Crippen LogP contribution in [0.4, 0.5) is 0 Å². The fraction of sp³-hybridized carbons (Fsp3) is 0.143. The van der Waals surface area contributed by atoms with Gasteiger partial charge in [-0.1, -0.05) is 30.3 Å². The molecule has 1 atom stereocenters. The predicted octanol–water partition coefficient (Wildman–Crippen LogP) is 2.31. The molecule has 0 bridgehead atoms. The van der Waals surface area contributed by atoms with E-state index in [0.29, 0.717) is 10.2 Å². The van der Waals surface area contributed by atoms with Crippen LogP contribution in [-0.2, 0) is 0 Å². The van der Waals surface area contributed by atoms with Gasteiger partial charge in [0.05, 0.1) is 12.6 Å². The van der Waals surface area contributed by atoms with Crippen LogP contribution in [0.5, 0.6) is 0 Å². The molecule has 2 aromatic rings. The number of carbonyl (C=O) groups is 1. The molecule has 2 rings (SSSR count). The van der Waals surface area contributed by atoms with E-state index in [-0.39, 0.29) is 12.5 Å². The molecular weight excluding hydrogens is 308 g/mol. The quantitative estimate of drug-likeness (QED) is 0.850. The van der Waals surface area contributed by atoms with Crippen LogP contribution in [0.1, 0.15) is 22.0 Å². The van der Waals surface area contributed by atoms with Gasteiger partial charge >= 0.3 is 0 Å². The molecule has 0 spiro atoms. The molecule has 4 nitrogen and oxygen atoms in total. The second-order valence-corrected chi connectivity index (χ2v) is 4.80. The highest BCUT2D eigenvalue weighted by Crippen LogP contribution is 2.14. The van der Waals surface area contributed by atoms with Crippen LogP contribution in [0.2, 0.25) is 0 Å². The maximum absolute atomic E-state index is 12.1. The lowest BCUT2D eigenvalue weighted by molar-refractivity contribution is 0.0916. The fourth-order valence-electron chi connectivity index (χ4n) is 1.71.